The summed E-state index contributed by atoms with van der Waals surface area (Å²) in [5, 5.41) is 0.0458. The molecule has 20 heavy (non-hydrogen) atoms. The molecule has 1 aliphatic rings. The highest BCUT2D eigenvalue weighted by atomic mass is 35.5. The number of ether oxygens (including phenoxy) is 1. The van der Waals surface area contributed by atoms with Crippen LogP contribution in [0.1, 0.15) is 25.3 Å². The van der Waals surface area contributed by atoms with Crippen molar-refractivity contribution < 1.29 is 13.2 Å². The minimum absolute atomic E-state index is 0.0901. The molecule has 0 bridgehead atoms. The smallest absolute Gasteiger partial charge is 0.155 e. The van der Waals surface area contributed by atoms with Crippen LogP contribution in [0.5, 0.6) is 0 Å². The summed E-state index contributed by atoms with van der Waals surface area (Å²) in [5.74, 6) is -0.136. The summed E-state index contributed by atoms with van der Waals surface area (Å²) in [6, 6.07) is 7.19. The van der Waals surface area contributed by atoms with Gasteiger partial charge in [0.1, 0.15) is 0 Å². The highest BCUT2D eigenvalue weighted by Gasteiger charge is 2.68. The van der Waals surface area contributed by atoms with E-state index in [-0.39, 0.29) is 18.3 Å². The topological polar surface area (TPSA) is 69.4 Å². The van der Waals surface area contributed by atoms with Gasteiger partial charge in [0.05, 0.1) is 17.4 Å². The predicted octanol–water partition coefficient (Wildman–Crippen LogP) is 1.97. The zero-order valence-electron chi connectivity index (χ0n) is 11.7. The zero-order chi connectivity index (χ0) is 15.0. The van der Waals surface area contributed by atoms with Crippen LogP contribution in [-0.4, -0.2) is 38.2 Å². The number of halogens is 1. The van der Waals surface area contributed by atoms with Gasteiger partial charge < -0.3 is 10.5 Å². The first-order valence-corrected chi connectivity index (χ1v) is 8.79. The van der Waals surface area contributed by atoms with Crippen molar-refractivity contribution in [2.24, 2.45) is 5.73 Å². The summed E-state index contributed by atoms with van der Waals surface area (Å²) in [6.07, 6.45) is 0. The van der Waals surface area contributed by atoms with Gasteiger partial charge in [0, 0.05) is 23.3 Å². The average molecular weight is 318 g/mol. The van der Waals surface area contributed by atoms with E-state index in [0.717, 1.165) is 5.56 Å². The van der Waals surface area contributed by atoms with Gasteiger partial charge in [-0.15, -0.1) is 0 Å². The molecule has 0 aliphatic heterocycles. The van der Waals surface area contributed by atoms with Crippen LogP contribution in [-0.2, 0) is 14.6 Å². The molecule has 0 spiro atoms. The van der Waals surface area contributed by atoms with Crippen LogP contribution in [0.25, 0.3) is 0 Å². The molecule has 2 N–H and O–H groups in total. The lowest BCUT2D eigenvalue weighted by atomic mass is 10.1. The summed E-state index contributed by atoms with van der Waals surface area (Å²) in [7, 11) is -3.21. The lowest BCUT2D eigenvalue weighted by Crippen LogP contribution is -2.36. The Kier molecular flexibility index (Phi) is 4.44. The Hall–Kier alpha value is -0.620. The number of sulfone groups is 1. The fourth-order valence-corrected chi connectivity index (χ4v) is 4.87. The summed E-state index contributed by atoms with van der Waals surface area (Å²) >= 11 is 5.87. The summed E-state index contributed by atoms with van der Waals surface area (Å²) < 4.78 is 29.8. The van der Waals surface area contributed by atoms with E-state index < -0.39 is 20.6 Å². The third-order valence-electron chi connectivity index (χ3n) is 3.88. The van der Waals surface area contributed by atoms with Crippen molar-refractivity contribution in [1.82, 2.24) is 0 Å². The predicted molar refractivity (Wildman–Crippen MR) is 80.9 cm³/mol. The molecule has 0 unspecified atom stereocenters. The van der Waals surface area contributed by atoms with E-state index in [0.29, 0.717) is 11.6 Å². The third-order valence-corrected chi connectivity index (χ3v) is 6.42. The Morgan fingerprint density at radius 3 is 2.40 bits per heavy atom. The summed E-state index contributed by atoms with van der Waals surface area (Å²) in [6.45, 7) is 4.28. The van der Waals surface area contributed by atoms with E-state index >= 15 is 0 Å². The molecule has 0 saturated heterocycles. The van der Waals surface area contributed by atoms with E-state index in [9.17, 15) is 8.42 Å². The molecule has 0 aromatic heterocycles. The van der Waals surface area contributed by atoms with Crippen LogP contribution < -0.4 is 5.73 Å². The normalized spacial score (nSPS) is 29.4. The van der Waals surface area contributed by atoms with Crippen LogP contribution in [0.4, 0.5) is 0 Å². The number of nitrogens with two attached hydrogens (primary N) is 1. The van der Waals surface area contributed by atoms with Gasteiger partial charge in [0.2, 0.25) is 0 Å². The Balaban J connectivity index is 2.32. The second-order valence-corrected chi connectivity index (χ2v) is 8.00. The van der Waals surface area contributed by atoms with E-state index in [2.05, 4.69) is 0 Å². The van der Waals surface area contributed by atoms with Gasteiger partial charge >= 0.3 is 0 Å². The van der Waals surface area contributed by atoms with Gasteiger partial charge in [0.25, 0.3) is 0 Å². The van der Waals surface area contributed by atoms with Gasteiger partial charge in [-0.3, -0.25) is 0 Å². The molecule has 1 aliphatic carbocycles. The van der Waals surface area contributed by atoms with E-state index in [1.807, 2.05) is 19.1 Å². The van der Waals surface area contributed by atoms with Crippen molar-refractivity contribution in [3.05, 3.63) is 34.9 Å². The zero-order valence-corrected chi connectivity index (χ0v) is 13.2. The number of hydrogen-bond donors (Lipinski definition) is 1. The Morgan fingerprint density at radius 2 is 1.90 bits per heavy atom. The van der Waals surface area contributed by atoms with Crippen LogP contribution in [0.2, 0.25) is 5.02 Å². The molecule has 0 radical (unpaired) electrons. The fourth-order valence-electron chi connectivity index (χ4n) is 2.75. The molecule has 1 aromatic rings. The molecule has 3 atom stereocenters. The first-order valence-electron chi connectivity index (χ1n) is 6.70. The van der Waals surface area contributed by atoms with Gasteiger partial charge in [-0.05, 0) is 24.6 Å². The lowest BCUT2D eigenvalue weighted by Gasteiger charge is -2.12. The monoisotopic (exact) mass is 317 g/mol. The van der Waals surface area contributed by atoms with Gasteiger partial charge in [-0.1, -0.05) is 30.7 Å². The largest absolute Gasteiger partial charge is 0.380 e. The minimum atomic E-state index is -3.21. The molecule has 0 heterocycles. The lowest BCUT2D eigenvalue weighted by molar-refractivity contribution is 0.125. The Bertz CT molecular complexity index is 573. The molecule has 6 heteroatoms. The molecular formula is C14H20ClNO3S. The second-order valence-electron chi connectivity index (χ2n) is 5.15. The first-order chi connectivity index (χ1) is 9.36. The first kappa shape index (κ1) is 15.8. The minimum Gasteiger partial charge on any atom is -0.380 e. The van der Waals surface area contributed by atoms with E-state index in [1.54, 1.807) is 19.1 Å². The highest BCUT2D eigenvalue weighted by molar-refractivity contribution is 7.92. The van der Waals surface area contributed by atoms with Crippen molar-refractivity contribution >= 4 is 21.4 Å². The van der Waals surface area contributed by atoms with E-state index in [1.165, 1.54) is 0 Å². The van der Waals surface area contributed by atoms with Crippen molar-refractivity contribution in [3.8, 4) is 0 Å². The molecule has 4 nitrogen and oxygen atoms in total. The average Bonchev–Trinajstić information content (AvgIpc) is 3.05. The molecule has 112 valence electrons. The maximum absolute atomic E-state index is 12.2. The maximum atomic E-state index is 12.2. The maximum Gasteiger partial charge on any atom is 0.155 e. The van der Waals surface area contributed by atoms with Gasteiger partial charge in [0.15, 0.2) is 9.84 Å². The number of hydrogen-bond acceptors (Lipinski definition) is 4. The molecule has 2 rings (SSSR count). The summed E-state index contributed by atoms with van der Waals surface area (Å²) in [4.78, 5) is 0. The number of benzene rings is 1. The summed E-state index contributed by atoms with van der Waals surface area (Å²) in [5.41, 5.74) is 6.38. The molecule has 1 fully saturated rings. The SMILES string of the molecule is CCOC[C@@]1(N)[C@H](S(=O)(=O)CC)[C@@H]1c1ccc(Cl)cc1. The molecule has 0 amide bonds. The van der Waals surface area contributed by atoms with Crippen molar-refractivity contribution in [2.75, 3.05) is 19.0 Å². The van der Waals surface area contributed by atoms with Crippen LogP contribution >= 0.6 is 11.6 Å². The number of rotatable bonds is 6. The second kappa shape index (κ2) is 5.64. The van der Waals surface area contributed by atoms with Crippen molar-refractivity contribution in [2.45, 2.75) is 30.6 Å². The molecular weight excluding hydrogens is 298 g/mol. The van der Waals surface area contributed by atoms with Gasteiger partial charge in [-0.2, -0.15) is 0 Å². The van der Waals surface area contributed by atoms with Gasteiger partial charge in [-0.25, -0.2) is 8.42 Å². The Morgan fingerprint density at radius 1 is 1.30 bits per heavy atom. The van der Waals surface area contributed by atoms with Crippen molar-refractivity contribution in [1.29, 1.82) is 0 Å². The van der Waals surface area contributed by atoms with Crippen LogP contribution in [0.15, 0.2) is 24.3 Å². The molecule has 1 saturated carbocycles. The highest BCUT2D eigenvalue weighted by Crippen LogP contribution is 2.54. The Labute approximate surface area is 125 Å². The quantitative estimate of drug-likeness (QED) is 0.871. The standard InChI is InChI=1S/C14H20ClNO3S/c1-3-19-9-14(16)12(13(14)20(17,18)4-2)10-5-7-11(15)8-6-10/h5-8,12-13H,3-4,9,16H2,1-2H3/t12-,13+,14-/m0/s1. The van der Waals surface area contributed by atoms with Crippen molar-refractivity contribution in [3.63, 3.8) is 0 Å². The fraction of sp³-hybridized carbons (Fsp3) is 0.571. The van der Waals surface area contributed by atoms with Crippen LogP contribution in [0, 0.1) is 0 Å². The van der Waals surface area contributed by atoms with Crippen LogP contribution in [0.3, 0.4) is 0 Å². The molecule has 1 aromatic carbocycles. The third kappa shape index (κ3) is 2.72. The van der Waals surface area contributed by atoms with E-state index in [4.69, 9.17) is 22.1 Å².